The van der Waals surface area contributed by atoms with Crippen molar-refractivity contribution in [1.29, 1.82) is 0 Å². The van der Waals surface area contributed by atoms with E-state index in [1.165, 1.54) is 9.59 Å². The molecule has 0 radical (unpaired) electrons. The SMILES string of the molecule is Cn1nnc(SCC=CCSc2nnn(C)n2)n1. The van der Waals surface area contributed by atoms with Gasteiger partial charge in [-0.05, 0) is 10.4 Å². The molecule has 0 N–H and O–H groups in total. The Labute approximate surface area is 112 Å². The molecule has 2 aromatic heterocycles. The lowest BCUT2D eigenvalue weighted by Gasteiger charge is -1.89. The molecule has 0 saturated carbocycles. The van der Waals surface area contributed by atoms with Crippen LogP contribution in [0, 0.1) is 0 Å². The summed E-state index contributed by atoms with van der Waals surface area (Å²) in [5, 5.41) is 24.8. The van der Waals surface area contributed by atoms with Gasteiger partial charge in [0.2, 0.25) is 10.3 Å². The zero-order valence-corrected chi connectivity index (χ0v) is 11.6. The average Bonchev–Trinajstić information content (AvgIpc) is 2.93. The summed E-state index contributed by atoms with van der Waals surface area (Å²) in [4.78, 5) is 2.89. The lowest BCUT2D eigenvalue weighted by molar-refractivity contribution is 0.626. The van der Waals surface area contributed by atoms with Crippen LogP contribution in [0.2, 0.25) is 0 Å². The van der Waals surface area contributed by atoms with Crippen molar-refractivity contribution in [2.24, 2.45) is 14.1 Å². The van der Waals surface area contributed by atoms with E-state index in [4.69, 9.17) is 0 Å². The molecule has 2 rings (SSSR count). The van der Waals surface area contributed by atoms with Crippen LogP contribution < -0.4 is 0 Å². The maximum atomic E-state index is 4.07. The van der Waals surface area contributed by atoms with Crippen LogP contribution in [-0.4, -0.2) is 51.9 Å². The zero-order valence-electron chi connectivity index (χ0n) is 9.96. The third kappa shape index (κ3) is 4.11. The first-order valence-electron chi connectivity index (χ1n) is 5.12. The minimum absolute atomic E-state index is 0.686. The van der Waals surface area contributed by atoms with Gasteiger partial charge in [-0.2, -0.15) is 9.59 Å². The largest absolute Gasteiger partial charge is 0.231 e. The van der Waals surface area contributed by atoms with Crippen molar-refractivity contribution in [3.8, 4) is 0 Å². The second-order valence-electron chi connectivity index (χ2n) is 3.22. The van der Waals surface area contributed by atoms with Crippen LogP contribution in [0.15, 0.2) is 22.5 Å². The first-order valence-corrected chi connectivity index (χ1v) is 7.10. The van der Waals surface area contributed by atoms with E-state index in [9.17, 15) is 0 Å². The van der Waals surface area contributed by atoms with Gasteiger partial charge >= 0.3 is 0 Å². The van der Waals surface area contributed by atoms with E-state index in [1.807, 2.05) is 0 Å². The van der Waals surface area contributed by atoms with Crippen molar-refractivity contribution in [3.63, 3.8) is 0 Å². The molecule has 0 aromatic carbocycles. The number of hydrogen-bond acceptors (Lipinski definition) is 8. The van der Waals surface area contributed by atoms with Gasteiger partial charge in [-0.15, -0.1) is 20.4 Å². The van der Waals surface area contributed by atoms with Crippen molar-refractivity contribution in [2.75, 3.05) is 11.5 Å². The third-order valence-corrected chi connectivity index (χ3v) is 3.33. The Morgan fingerprint density at radius 1 is 0.889 bits per heavy atom. The highest BCUT2D eigenvalue weighted by molar-refractivity contribution is 7.99. The highest BCUT2D eigenvalue weighted by Crippen LogP contribution is 2.12. The Hall–Kier alpha value is -1.42. The molecule has 0 bridgehead atoms. The fourth-order valence-electron chi connectivity index (χ4n) is 1.03. The average molecular weight is 284 g/mol. The quantitative estimate of drug-likeness (QED) is 0.548. The van der Waals surface area contributed by atoms with E-state index in [1.54, 1.807) is 37.6 Å². The van der Waals surface area contributed by atoms with Crippen molar-refractivity contribution in [3.05, 3.63) is 12.2 Å². The summed E-state index contributed by atoms with van der Waals surface area (Å²) in [6.07, 6.45) is 4.12. The fourth-order valence-corrected chi connectivity index (χ4v) is 2.33. The number of tetrazole rings is 2. The normalized spacial score (nSPS) is 11.4. The molecule has 0 aliphatic rings. The van der Waals surface area contributed by atoms with E-state index in [2.05, 4.69) is 43.0 Å². The van der Waals surface area contributed by atoms with Crippen LogP contribution in [-0.2, 0) is 14.1 Å². The summed E-state index contributed by atoms with van der Waals surface area (Å²) in [5.41, 5.74) is 0. The predicted octanol–water partition coefficient (Wildman–Crippen LogP) is 0.174. The molecule has 0 unspecified atom stereocenters. The van der Waals surface area contributed by atoms with Gasteiger partial charge in [-0.1, -0.05) is 35.7 Å². The van der Waals surface area contributed by atoms with E-state index < -0.39 is 0 Å². The highest BCUT2D eigenvalue weighted by Gasteiger charge is 1.99. The van der Waals surface area contributed by atoms with Crippen LogP contribution in [0.1, 0.15) is 0 Å². The second-order valence-corrected chi connectivity index (χ2v) is 5.19. The number of aromatic nitrogens is 8. The lowest BCUT2D eigenvalue weighted by Crippen LogP contribution is -1.91. The summed E-state index contributed by atoms with van der Waals surface area (Å²) < 4.78 is 0. The molecule has 2 aromatic rings. The van der Waals surface area contributed by atoms with Crippen LogP contribution >= 0.6 is 23.5 Å². The minimum Gasteiger partial charge on any atom is -0.166 e. The lowest BCUT2D eigenvalue weighted by atomic mass is 10.6. The maximum Gasteiger partial charge on any atom is 0.231 e. The molecular formula is C8H12N8S2. The second kappa shape index (κ2) is 6.50. The number of aryl methyl sites for hydroxylation is 2. The molecule has 0 aliphatic heterocycles. The monoisotopic (exact) mass is 284 g/mol. The predicted molar refractivity (Wildman–Crippen MR) is 68.2 cm³/mol. The number of nitrogens with zero attached hydrogens (tertiary/aromatic N) is 8. The smallest absolute Gasteiger partial charge is 0.166 e. The summed E-state index contributed by atoms with van der Waals surface area (Å²) in [5.74, 6) is 1.64. The van der Waals surface area contributed by atoms with Gasteiger partial charge in [0, 0.05) is 11.5 Å². The Bertz CT molecular complexity index is 472. The molecule has 0 saturated heterocycles. The number of thioether (sulfide) groups is 2. The summed E-state index contributed by atoms with van der Waals surface area (Å²) in [6.45, 7) is 0. The van der Waals surface area contributed by atoms with Crippen molar-refractivity contribution in [1.82, 2.24) is 40.4 Å². The summed E-state index contributed by atoms with van der Waals surface area (Å²) in [7, 11) is 3.49. The van der Waals surface area contributed by atoms with Gasteiger partial charge in [-0.3, -0.25) is 0 Å². The van der Waals surface area contributed by atoms with Gasteiger partial charge in [0.15, 0.2) is 0 Å². The van der Waals surface area contributed by atoms with Gasteiger partial charge in [-0.25, -0.2) is 0 Å². The molecule has 0 spiro atoms. The standard InChI is InChI=1S/C8H12N8S2/c1-15-11-7(9-13-15)17-5-3-4-6-18-8-10-14-16(2)12-8/h3-4H,5-6H2,1-2H3. The Morgan fingerprint density at radius 3 is 1.67 bits per heavy atom. The van der Waals surface area contributed by atoms with Crippen LogP contribution in [0.25, 0.3) is 0 Å². The molecule has 18 heavy (non-hydrogen) atoms. The van der Waals surface area contributed by atoms with Gasteiger partial charge in [0.25, 0.3) is 0 Å². The van der Waals surface area contributed by atoms with Gasteiger partial charge < -0.3 is 0 Å². The van der Waals surface area contributed by atoms with Gasteiger partial charge in [0.1, 0.15) is 0 Å². The van der Waals surface area contributed by atoms with Crippen molar-refractivity contribution < 1.29 is 0 Å². The van der Waals surface area contributed by atoms with E-state index in [-0.39, 0.29) is 0 Å². The van der Waals surface area contributed by atoms with Crippen LogP contribution in [0.5, 0.6) is 0 Å². The molecule has 96 valence electrons. The summed E-state index contributed by atoms with van der Waals surface area (Å²) in [6, 6.07) is 0. The molecular weight excluding hydrogens is 272 g/mol. The Kier molecular flexibility index (Phi) is 4.70. The first-order chi connectivity index (χ1) is 8.74. The molecule has 2 heterocycles. The van der Waals surface area contributed by atoms with Crippen molar-refractivity contribution in [2.45, 2.75) is 10.3 Å². The molecule has 8 nitrogen and oxygen atoms in total. The van der Waals surface area contributed by atoms with Crippen molar-refractivity contribution >= 4 is 23.5 Å². The highest BCUT2D eigenvalue weighted by atomic mass is 32.2. The Balaban J connectivity index is 1.63. The molecule has 0 atom stereocenters. The Morgan fingerprint density at radius 2 is 1.33 bits per heavy atom. The minimum atomic E-state index is 0.686. The van der Waals surface area contributed by atoms with E-state index >= 15 is 0 Å². The zero-order chi connectivity index (χ0) is 12.8. The molecule has 0 amide bonds. The van der Waals surface area contributed by atoms with Crippen LogP contribution in [0.3, 0.4) is 0 Å². The molecule has 0 fully saturated rings. The van der Waals surface area contributed by atoms with E-state index in [0.29, 0.717) is 10.3 Å². The molecule has 0 aliphatic carbocycles. The van der Waals surface area contributed by atoms with Gasteiger partial charge in [0.05, 0.1) is 14.1 Å². The number of rotatable bonds is 6. The fraction of sp³-hybridized carbons (Fsp3) is 0.500. The third-order valence-electron chi connectivity index (χ3n) is 1.76. The van der Waals surface area contributed by atoms with Crippen LogP contribution in [0.4, 0.5) is 0 Å². The molecule has 10 heteroatoms. The topological polar surface area (TPSA) is 87.2 Å². The number of hydrogen-bond donors (Lipinski definition) is 0. The maximum absolute atomic E-state index is 4.07. The first kappa shape index (κ1) is 13.0. The summed E-state index contributed by atoms with van der Waals surface area (Å²) >= 11 is 3.08. The van der Waals surface area contributed by atoms with E-state index in [0.717, 1.165) is 11.5 Å².